The van der Waals surface area contributed by atoms with Crippen LogP contribution in [0.3, 0.4) is 0 Å². The van der Waals surface area contributed by atoms with Crippen LogP contribution in [-0.2, 0) is 0 Å². The Morgan fingerprint density at radius 1 is 1.23 bits per heavy atom. The zero-order valence-corrected chi connectivity index (χ0v) is 10.1. The fraction of sp³-hybridized carbons (Fsp3) is 1.00. The second-order valence-electron chi connectivity index (χ2n) is 3.84. The van der Waals surface area contributed by atoms with E-state index in [0.29, 0.717) is 0 Å². The monoisotopic (exact) mass is 185 g/mol. The molecule has 3 atom stereocenters. The molecule has 0 spiro atoms. The minimum atomic E-state index is 0.810. The molecular formula is C12H27N. The van der Waals surface area contributed by atoms with Crippen molar-refractivity contribution in [3.8, 4) is 0 Å². The van der Waals surface area contributed by atoms with Crippen LogP contribution in [0.15, 0.2) is 0 Å². The quantitative estimate of drug-likeness (QED) is 0.708. The average Bonchev–Trinajstić information content (AvgIpc) is 2.68. The first-order valence-corrected chi connectivity index (χ1v) is 6.04. The maximum absolute atomic E-state index is 3.69. The minimum absolute atomic E-state index is 0.810. The van der Waals surface area contributed by atoms with Crippen molar-refractivity contribution in [2.45, 2.75) is 72.4 Å². The highest BCUT2D eigenvalue weighted by molar-refractivity contribution is 4.85. The van der Waals surface area contributed by atoms with Crippen molar-refractivity contribution in [3.05, 3.63) is 0 Å². The normalized spacial score (nSPS) is 29.3. The highest BCUT2D eigenvalue weighted by Gasteiger charge is 2.25. The van der Waals surface area contributed by atoms with Gasteiger partial charge >= 0.3 is 0 Å². The van der Waals surface area contributed by atoms with E-state index in [0.717, 1.165) is 18.0 Å². The van der Waals surface area contributed by atoms with E-state index >= 15 is 0 Å². The van der Waals surface area contributed by atoms with Crippen LogP contribution in [0.1, 0.15) is 60.3 Å². The van der Waals surface area contributed by atoms with Gasteiger partial charge in [-0.1, -0.05) is 41.0 Å². The molecule has 13 heavy (non-hydrogen) atoms. The molecule has 0 amide bonds. The molecule has 1 rings (SSSR count). The standard InChI is InChI=1S/C10H21N.C2H6/c1-4-8(3)10-7-6-9(5-2)11-10;1-2/h8-11H,4-7H2,1-3H3;1-2H3. The van der Waals surface area contributed by atoms with E-state index < -0.39 is 0 Å². The summed E-state index contributed by atoms with van der Waals surface area (Å²) in [5.41, 5.74) is 0. The van der Waals surface area contributed by atoms with Crippen molar-refractivity contribution in [1.82, 2.24) is 5.32 Å². The third-order valence-corrected chi connectivity index (χ3v) is 3.10. The smallest absolute Gasteiger partial charge is 0.00957 e. The first kappa shape index (κ1) is 13.0. The third-order valence-electron chi connectivity index (χ3n) is 3.10. The molecule has 1 heterocycles. The van der Waals surface area contributed by atoms with E-state index in [2.05, 4.69) is 26.1 Å². The molecule has 1 heteroatoms. The molecular weight excluding hydrogens is 158 g/mol. The highest BCUT2D eigenvalue weighted by atomic mass is 15.0. The average molecular weight is 185 g/mol. The van der Waals surface area contributed by atoms with Crippen molar-refractivity contribution in [1.29, 1.82) is 0 Å². The van der Waals surface area contributed by atoms with Gasteiger partial charge in [0, 0.05) is 12.1 Å². The molecule has 1 N–H and O–H groups in total. The Hall–Kier alpha value is -0.0400. The van der Waals surface area contributed by atoms with Crippen molar-refractivity contribution >= 4 is 0 Å². The van der Waals surface area contributed by atoms with E-state index in [1.807, 2.05) is 13.8 Å². The first-order chi connectivity index (χ1) is 6.27. The van der Waals surface area contributed by atoms with Crippen molar-refractivity contribution in [2.75, 3.05) is 0 Å². The van der Waals surface area contributed by atoms with Crippen molar-refractivity contribution in [2.24, 2.45) is 5.92 Å². The van der Waals surface area contributed by atoms with Gasteiger partial charge in [-0.3, -0.25) is 0 Å². The van der Waals surface area contributed by atoms with Crippen LogP contribution < -0.4 is 5.32 Å². The Morgan fingerprint density at radius 2 is 1.85 bits per heavy atom. The SMILES string of the molecule is CC.CCC1CCC(C(C)CC)N1. The molecule has 80 valence electrons. The Bertz CT molecular complexity index is 112. The topological polar surface area (TPSA) is 12.0 Å². The summed E-state index contributed by atoms with van der Waals surface area (Å²) in [7, 11) is 0. The highest BCUT2D eigenvalue weighted by Crippen LogP contribution is 2.22. The summed E-state index contributed by atoms with van der Waals surface area (Å²) < 4.78 is 0. The third kappa shape index (κ3) is 4.12. The van der Waals surface area contributed by atoms with Gasteiger partial charge in [0.05, 0.1) is 0 Å². The molecule has 0 aromatic rings. The molecule has 3 unspecified atom stereocenters. The lowest BCUT2D eigenvalue weighted by molar-refractivity contribution is 0.390. The summed E-state index contributed by atoms with van der Waals surface area (Å²) in [6.07, 6.45) is 5.40. The van der Waals surface area contributed by atoms with Gasteiger partial charge < -0.3 is 5.32 Å². The maximum atomic E-state index is 3.69. The predicted molar refractivity (Wildman–Crippen MR) is 61.0 cm³/mol. The van der Waals surface area contributed by atoms with Crippen LogP contribution in [-0.4, -0.2) is 12.1 Å². The Labute approximate surface area is 84.3 Å². The van der Waals surface area contributed by atoms with Gasteiger partial charge in [-0.05, 0) is 25.2 Å². The van der Waals surface area contributed by atoms with Crippen molar-refractivity contribution < 1.29 is 0 Å². The molecule has 0 aromatic heterocycles. The van der Waals surface area contributed by atoms with Gasteiger partial charge in [-0.15, -0.1) is 0 Å². The van der Waals surface area contributed by atoms with Crippen LogP contribution in [0.25, 0.3) is 0 Å². The fourth-order valence-corrected chi connectivity index (χ4v) is 1.91. The van der Waals surface area contributed by atoms with Gasteiger partial charge in [0.15, 0.2) is 0 Å². The number of hydrogen-bond donors (Lipinski definition) is 1. The molecule has 0 saturated carbocycles. The zero-order valence-electron chi connectivity index (χ0n) is 10.1. The van der Waals surface area contributed by atoms with Crippen molar-refractivity contribution in [3.63, 3.8) is 0 Å². The molecule has 0 aromatic carbocycles. The largest absolute Gasteiger partial charge is 0.311 e. The van der Waals surface area contributed by atoms with Gasteiger partial charge in [0.2, 0.25) is 0 Å². The lowest BCUT2D eigenvalue weighted by Gasteiger charge is -2.18. The zero-order chi connectivity index (χ0) is 10.3. The Kier molecular flexibility index (Phi) is 7.35. The molecule has 1 saturated heterocycles. The van der Waals surface area contributed by atoms with E-state index in [1.165, 1.54) is 25.7 Å². The Morgan fingerprint density at radius 3 is 2.23 bits per heavy atom. The lowest BCUT2D eigenvalue weighted by Crippen LogP contribution is -2.33. The summed E-state index contributed by atoms with van der Waals surface area (Å²) in [5.74, 6) is 0.867. The van der Waals surface area contributed by atoms with Crippen LogP contribution in [0, 0.1) is 5.92 Å². The van der Waals surface area contributed by atoms with Crippen LogP contribution in [0.2, 0.25) is 0 Å². The number of nitrogens with one attached hydrogen (secondary N) is 1. The van der Waals surface area contributed by atoms with E-state index in [9.17, 15) is 0 Å². The lowest BCUT2D eigenvalue weighted by atomic mass is 9.98. The molecule has 1 nitrogen and oxygen atoms in total. The Balaban J connectivity index is 0.000000671. The number of rotatable bonds is 3. The van der Waals surface area contributed by atoms with E-state index in [-0.39, 0.29) is 0 Å². The number of hydrogen-bond acceptors (Lipinski definition) is 1. The molecule has 0 bridgehead atoms. The minimum Gasteiger partial charge on any atom is -0.311 e. The molecule has 0 aliphatic carbocycles. The molecule has 1 fully saturated rings. The van der Waals surface area contributed by atoms with Crippen LogP contribution in [0.4, 0.5) is 0 Å². The second kappa shape index (κ2) is 7.37. The van der Waals surface area contributed by atoms with E-state index in [4.69, 9.17) is 0 Å². The first-order valence-electron chi connectivity index (χ1n) is 6.04. The summed E-state index contributed by atoms with van der Waals surface area (Å²) in [6, 6.07) is 1.62. The predicted octanol–water partition coefficient (Wildman–Crippen LogP) is 3.59. The summed E-state index contributed by atoms with van der Waals surface area (Å²) in [6.45, 7) is 10.9. The molecule has 1 aliphatic rings. The summed E-state index contributed by atoms with van der Waals surface area (Å²) >= 11 is 0. The van der Waals surface area contributed by atoms with Crippen LogP contribution >= 0.6 is 0 Å². The second-order valence-corrected chi connectivity index (χ2v) is 3.84. The maximum Gasteiger partial charge on any atom is 0.00957 e. The van der Waals surface area contributed by atoms with Gasteiger partial charge in [0.1, 0.15) is 0 Å². The summed E-state index contributed by atoms with van der Waals surface area (Å²) in [5, 5.41) is 3.69. The van der Waals surface area contributed by atoms with Gasteiger partial charge in [-0.25, -0.2) is 0 Å². The summed E-state index contributed by atoms with van der Waals surface area (Å²) in [4.78, 5) is 0. The fourth-order valence-electron chi connectivity index (χ4n) is 1.91. The molecule has 0 radical (unpaired) electrons. The van der Waals surface area contributed by atoms with Gasteiger partial charge in [-0.2, -0.15) is 0 Å². The molecule has 1 aliphatic heterocycles. The van der Waals surface area contributed by atoms with E-state index in [1.54, 1.807) is 0 Å². The van der Waals surface area contributed by atoms with Crippen LogP contribution in [0.5, 0.6) is 0 Å². The van der Waals surface area contributed by atoms with Gasteiger partial charge in [0.25, 0.3) is 0 Å².